The van der Waals surface area contributed by atoms with Crippen molar-refractivity contribution in [3.05, 3.63) is 35.9 Å². The molecule has 0 aliphatic rings. The van der Waals surface area contributed by atoms with Gasteiger partial charge in [0.15, 0.2) is 0 Å². The van der Waals surface area contributed by atoms with Gasteiger partial charge in [0, 0.05) is 0 Å². The van der Waals surface area contributed by atoms with Gasteiger partial charge in [-0.25, -0.2) is 4.79 Å². The van der Waals surface area contributed by atoms with Gasteiger partial charge in [-0.05, 0) is 47.1 Å². The molecule has 0 saturated carbocycles. The number of amides is 1. The monoisotopic (exact) mass is 492 g/mol. The predicted octanol–water partition coefficient (Wildman–Crippen LogP) is 1.15. The Labute approximate surface area is 182 Å². The Morgan fingerprint density at radius 2 is 1.63 bits per heavy atom. The number of likely N-dealkylation sites (N-methyl/N-ethyl adjacent to an activating group) is 1. The maximum atomic E-state index is 12.0. The number of quaternary nitrogens is 1. The molecule has 1 amide bonds. The molecule has 1 N–H and O–H groups in total. The molecule has 0 aromatic heterocycles. The van der Waals surface area contributed by atoms with E-state index in [-0.39, 0.29) is 30.1 Å². The molecule has 1 unspecified atom stereocenters. The van der Waals surface area contributed by atoms with Gasteiger partial charge in [0.25, 0.3) is 0 Å². The highest BCUT2D eigenvalue weighted by atomic mass is 127. The van der Waals surface area contributed by atoms with E-state index in [0.717, 1.165) is 36.2 Å². The highest BCUT2D eigenvalue weighted by Crippen LogP contribution is 2.17. The molecule has 0 saturated heterocycles. The molecule has 1 rings (SSSR count). The Morgan fingerprint density at radius 3 is 2.11 bits per heavy atom. The maximum Gasteiger partial charge on any atom is 0.407 e. The van der Waals surface area contributed by atoms with Crippen LogP contribution in [0.4, 0.5) is 4.79 Å². The van der Waals surface area contributed by atoms with Crippen LogP contribution in [-0.2, 0) is 9.47 Å². The normalized spacial score (nSPS) is 12.8. The van der Waals surface area contributed by atoms with Gasteiger partial charge in [0.1, 0.15) is 18.2 Å². The quantitative estimate of drug-likeness (QED) is 0.394. The first-order valence-electron chi connectivity index (χ1n) is 9.73. The molecule has 0 bridgehead atoms. The number of carbonyl (C=O) groups is 1. The second-order valence-electron chi connectivity index (χ2n) is 7.67. The van der Waals surface area contributed by atoms with Crippen molar-refractivity contribution in [2.45, 2.75) is 53.2 Å². The molecule has 0 heterocycles. The zero-order valence-corrected chi connectivity index (χ0v) is 19.9. The Bertz CT molecular complexity index is 520. The molecular formula is C21H37IN2O3. The van der Waals surface area contributed by atoms with Crippen LogP contribution in [0.5, 0.6) is 0 Å². The van der Waals surface area contributed by atoms with Crippen LogP contribution in [0.25, 0.3) is 0 Å². The average Bonchev–Trinajstić information content (AvgIpc) is 2.61. The number of hydrogen-bond donors (Lipinski definition) is 1. The molecule has 0 radical (unpaired) electrons. The summed E-state index contributed by atoms with van der Waals surface area (Å²) in [7, 11) is 0. The summed E-state index contributed by atoms with van der Waals surface area (Å²) < 4.78 is 12.6. The zero-order valence-electron chi connectivity index (χ0n) is 17.8. The van der Waals surface area contributed by atoms with E-state index >= 15 is 0 Å². The fraction of sp³-hybridized carbons (Fsp3) is 0.667. The summed E-state index contributed by atoms with van der Waals surface area (Å²) in [5, 5.41) is 2.84. The first kappa shape index (κ1) is 26.1. The number of halogens is 1. The van der Waals surface area contributed by atoms with E-state index in [1.807, 2.05) is 51.1 Å². The molecule has 1 aromatic carbocycles. The van der Waals surface area contributed by atoms with Gasteiger partial charge in [0.05, 0.1) is 32.8 Å². The summed E-state index contributed by atoms with van der Waals surface area (Å²) in [6.07, 6.45) is -0.598. The number of ether oxygens (including phenoxy) is 2. The van der Waals surface area contributed by atoms with Crippen LogP contribution >= 0.6 is 0 Å². The van der Waals surface area contributed by atoms with E-state index in [9.17, 15) is 4.79 Å². The van der Waals surface area contributed by atoms with Crippen LogP contribution in [-0.4, -0.2) is 55.5 Å². The Balaban J connectivity index is 0.00000676. The standard InChI is InChI=1S/C21H36N2O3.HI/c1-7-23(8-2,9-3)15-16-25-19(18-13-11-10-12-14-18)17-22-20(24)26-21(4,5)6;/h10-14,19H,7-9,15-17H2,1-6H3;1H. The highest BCUT2D eigenvalue weighted by Gasteiger charge is 2.22. The van der Waals surface area contributed by atoms with Crippen molar-refractivity contribution in [1.82, 2.24) is 5.32 Å². The van der Waals surface area contributed by atoms with Crippen molar-refractivity contribution < 1.29 is 42.7 Å². The van der Waals surface area contributed by atoms with E-state index in [4.69, 9.17) is 9.47 Å². The van der Waals surface area contributed by atoms with E-state index < -0.39 is 11.7 Å². The number of nitrogens with one attached hydrogen (secondary N) is 1. The topological polar surface area (TPSA) is 47.6 Å². The molecular weight excluding hydrogens is 455 g/mol. The Kier molecular flexibility index (Phi) is 12.2. The molecule has 1 aromatic rings. The van der Waals surface area contributed by atoms with Crippen molar-refractivity contribution in [2.75, 3.05) is 39.3 Å². The van der Waals surface area contributed by atoms with Crippen molar-refractivity contribution in [2.24, 2.45) is 0 Å². The van der Waals surface area contributed by atoms with Crippen LogP contribution in [0.1, 0.15) is 53.2 Å². The second-order valence-corrected chi connectivity index (χ2v) is 7.67. The lowest BCUT2D eigenvalue weighted by atomic mass is 10.1. The summed E-state index contributed by atoms with van der Waals surface area (Å²) in [6, 6.07) is 10.0. The first-order valence-corrected chi connectivity index (χ1v) is 9.73. The number of alkyl carbamates (subject to hydrolysis) is 1. The van der Waals surface area contributed by atoms with E-state index in [2.05, 4.69) is 26.1 Å². The van der Waals surface area contributed by atoms with Crippen molar-refractivity contribution in [1.29, 1.82) is 0 Å². The lowest BCUT2D eigenvalue weighted by Crippen LogP contribution is -3.00. The summed E-state index contributed by atoms with van der Waals surface area (Å²) in [5.74, 6) is 0. The average molecular weight is 492 g/mol. The molecule has 5 nitrogen and oxygen atoms in total. The lowest BCUT2D eigenvalue weighted by Gasteiger charge is -2.36. The third-order valence-electron chi connectivity index (χ3n) is 4.90. The number of carbonyl (C=O) groups excluding carboxylic acids is 1. The second kappa shape index (κ2) is 12.6. The smallest absolute Gasteiger partial charge is 0.407 e. The third kappa shape index (κ3) is 9.76. The summed E-state index contributed by atoms with van der Waals surface area (Å²) in [6.45, 7) is 17.6. The molecule has 0 aliphatic carbocycles. The molecule has 0 fully saturated rings. The van der Waals surface area contributed by atoms with Gasteiger partial charge < -0.3 is 43.3 Å². The molecule has 27 heavy (non-hydrogen) atoms. The molecule has 156 valence electrons. The van der Waals surface area contributed by atoms with Crippen LogP contribution in [0.3, 0.4) is 0 Å². The molecule has 6 heteroatoms. The van der Waals surface area contributed by atoms with Gasteiger partial charge in [0.2, 0.25) is 0 Å². The third-order valence-corrected chi connectivity index (χ3v) is 4.90. The predicted molar refractivity (Wildman–Crippen MR) is 106 cm³/mol. The van der Waals surface area contributed by atoms with E-state index in [1.54, 1.807) is 0 Å². The van der Waals surface area contributed by atoms with E-state index in [0.29, 0.717) is 13.2 Å². The molecule has 0 spiro atoms. The van der Waals surface area contributed by atoms with Gasteiger partial charge in [-0.3, -0.25) is 0 Å². The number of hydrogen-bond acceptors (Lipinski definition) is 3. The maximum absolute atomic E-state index is 12.0. The highest BCUT2D eigenvalue weighted by molar-refractivity contribution is 5.67. The largest absolute Gasteiger partial charge is 1.00 e. The minimum atomic E-state index is -0.506. The van der Waals surface area contributed by atoms with Crippen molar-refractivity contribution in [3.63, 3.8) is 0 Å². The fourth-order valence-electron chi connectivity index (χ4n) is 2.96. The van der Waals surface area contributed by atoms with Crippen LogP contribution in [0.15, 0.2) is 30.3 Å². The minimum absolute atomic E-state index is 0. The van der Waals surface area contributed by atoms with Crippen LogP contribution in [0, 0.1) is 0 Å². The fourth-order valence-corrected chi connectivity index (χ4v) is 2.96. The molecule has 1 atom stereocenters. The first-order chi connectivity index (χ1) is 12.2. The number of rotatable bonds is 10. The van der Waals surface area contributed by atoms with Gasteiger partial charge in [-0.1, -0.05) is 30.3 Å². The van der Waals surface area contributed by atoms with Gasteiger partial charge in [-0.2, -0.15) is 0 Å². The lowest BCUT2D eigenvalue weighted by molar-refractivity contribution is -0.923. The number of benzene rings is 1. The SMILES string of the molecule is CC[N+](CC)(CC)CCOC(CNC(=O)OC(C)(C)C)c1ccccc1.[I-]. The van der Waals surface area contributed by atoms with Crippen molar-refractivity contribution in [3.8, 4) is 0 Å². The van der Waals surface area contributed by atoms with Crippen LogP contribution < -0.4 is 29.3 Å². The van der Waals surface area contributed by atoms with E-state index in [1.165, 1.54) is 0 Å². The molecule has 0 aliphatic heterocycles. The Morgan fingerprint density at radius 1 is 1.07 bits per heavy atom. The van der Waals surface area contributed by atoms with Crippen LogP contribution in [0.2, 0.25) is 0 Å². The Hall–Kier alpha value is -0.860. The van der Waals surface area contributed by atoms with Crippen molar-refractivity contribution >= 4 is 6.09 Å². The summed E-state index contributed by atoms with van der Waals surface area (Å²) in [5.41, 5.74) is 0.555. The zero-order chi connectivity index (χ0) is 19.6. The van der Waals surface area contributed by atoms with Gasteiger partial charge in [-0.15, -0.1) is 0 Å². The minimum Gasteiger partial charge on any atom is -1.00 e. The summed E-state index contributed by atoms with van der Waals surface area (Å²) >= 11 is 0. The summed E-state index contributed by atoms with van der Waals surface area (Å²) in [4.78, 5) is 12.0. The number of nitrogens with zero attached hydrogens (tertiary/aromatic N) is 1. The van der Waals surface area contributed by atoms with Gasteiger partial charge >= 0.3 is 6.09 Å².